The lowest BCUT2D eigenvalue weighted by Crippen LogP contribution is -2.35. The molecule has 3 N–H and O–H groups in total. The molecular formula is C27H26N6O2S. The summed E-state index contributed by atoms with van der Waals surface area (Å²) in [5, 5.41) is 1.06. The molecule has 0 amide bonds. The molecule has 2 aromatic carbocycles. The highest BCUT2D eigenvalue weighted by Crippen LogP contribution is 2.32. The molecule has 1 aliphatic heterocycles. The fourth-order valence-corrected chi connectivity index (χ4v) is 5.56. The summed E-state index contributed by atoms with van der Waals surface area (Å²) in [6.07, 6.45) is 6.06. The maximum Gasteiger partial charge on any atom is 0.234 e. The molecule has 36 heavy (non-hydrogen) atoms. The number of piperidine rings is 1. The number of fused-ring (bicyclic) bond motifs is 2. The van der Waals surface area contributed by atoms with Gasteiger partial charge in [0.25, 0.3) is 0 Å². The highest BCUT2D eigenvalue weighted by Gasteiger charge is 2.25. The molecule has 8 nitrogen and oxygen atoms in total. The number of imidazole rings is 1. The van der Waals surface area contributed by atoms with E-state index in [1.165, 1.54) is 0 Å². The van der Waals surface area contributed by atoms with Gasteiger partial charge in [0.05, 0.1) is 11.2 Å². The van der Waals surface area contributed by atoms with E-state index in [2.05, 4.69) is 41.4 Å². The number of pyridine rings is 1. The zero-order valence-corrected chi connectivity index (χ0v) is 20.4. The fraction of sp³-hybridized carbons (Fsp3) is 0.222. The molecule has 1 fully saturated rings. The first-order chi connectivity index (χ1) is 17.6. The summed E-state index contributed by atoms with van der Waals surface area (Å²) in [6, 6.07) is 20.5. The second-order valence-corrected chi connectivity index (χ2v) is 10.2. The predicted molar refractivity (Wildman–Crippen MR) is 142 cm³/mol. The topological polar surface area (TPSA) is 110 Å². The van der Waals surface area contributed by atoms with Crippen LogP contribution in [0.4, 0.5) is 5.82 Å². The van der Waals surface area contributed by atoms with Gasteiger partial charge in [0, 0.05) is 48.4 Å². The summed E-state index contributed by atoms with van der Waals surface area (Å²) in [6.45, 7) is 1.21. The molecule has 182 valence electrons. The maximum atomic E-state index is 11.4. The molecule has 6 rings (SSSR count). The van der Waals surface area contributed by atoms with Crippen molar-refractivity contribution in [3.63, 3.8) is 0 Å². The van der Waals surface area contributed by atoms with E-state index in [1.807, 2.05) is 34.9 Å². The standard InChI is InChI=1S/C27H26N6O2S/c28-27-26-25(21-7-6-20-8-9-22(30-23(20)17-21)19-4-2-1-3-5-19)31-24(33(26)15-12-29-27)16-18-10-13-32(14-11-18)36(34)35/h1-9,12,15,17-18H,10-11,13-14,16H2,(H2,28,29)(H,34,35). The molecule has 3 aromatic heterocycles. The normalized spacial score (nSPS) is 16.0. The lowest BCUT2D eigenvalue weighted by Gasteiger charge is -2.28. The van der Waals surface area contributed by atoms with Crippen molar-refractivity contribution in [1.82, 2.24) is 23.7 Å². The molecule has 0 radical (unpaired) electrons. The number of anilines is 1. The highest BCUT2D eigenvalue weighted by atomic mass is 32.2. The number of nitrogens with two attached hydrogens (primary N) is 1. The van der Waals surface area contributed by atoms with Crippen molar-refractivity contribution in [3.8, 4) is 22.5 Å². The largest absolute Gasteiger partial charge is 0.382 e. The average molecular weight is 499 g/mol. The average Bonchev–Trinajstić information content (AvgIpc) is 3.28. The van der Waals surface area contributed by atoms with Crippen LogP contribution < -0.4 is 5.73 Å². The molecule has 1 atom stereocenters. The highest BCUT2D eigenvalue weighted by molar-refractivity contribution is 7.76. The van der Waals surface area contributed by atoms with Gasteiger partial charge in [-0.2, -0.15) is 0 Å². The lowest BCUT2D eigenvalue weighted by atomic mass is 9.94. The Morgan fingerprint density at radius 1 is 1.00 bits per heavy atom. The van der Waals surface area contributed by atoms with Gasteiger partial charge in [-0.25, -0.2) is 23.5 Å². The molecule has 1 saturated heterocycles. The van der Waals surface area contributed by atoms with Crippen LogP contribution in [0.3, 0.4) is 0 Å². The Bertz CT molecular complexity index is 1580. The third-order valence-corrected chi connectivity index (χ3v) is 7.76. The van der Waals surface area contributed by atoms with Gasteiger partial charge >= 0.3 is 0 Å². The lowest BCUT2D eigenvalue weighted by molar-refractivity contribution is 0.266. The number of hydrogen-bond donors (Lipinski definition) is 2. The first-order valence-corrected chi connectivity index (χ1v) is 13.1. The Morgan fingerprint density at radius 3 is 2.56 bits per heavy atom. The van der Waals surface area contributed by atoms with E-state index < -0.39 is 11.3 Å². The van der Waals surface area contributed by atoms with Crippen LogP contribution in [-0.2, 0) is 17.7 Å². The van der Waals surface area contributed by atoms with Crippen LogP contribution in [0.2, 0.25) is 0 Å². The van der Waals surface area contributed by atoms with Crippen LogP contribution in [-0.4, -0.2) is 45.5 Å². The van der Waals surface area contributed by atoms with Gasteiger partial charge in [-0.3, -0.25) is 8.95 Å². The molecule has 0 saturated carbocycles. The van der Waals surface area contributed by atoms with Crippen LogP contribution in [0.1, 0.15) is 18.7 Å². The van der Waals surface area contributed by atoms with Crippen LogP contribution in [0.25, 0.3) is 38.9 Å². The van der Waals surface area contributed by atoms with Crippen molar-refractivity contribution in [1.29, 1.82) is 0 Å². The molecule has 9 heteroatoms. The van der Waals surface area contributed by atoms with Crippen molar-refractivity contribution in [2.75, 3.05) is 18.8 Å². The summed E-state index contributed by atoms with van der Waals surface area (Å²) in [4.78, 5) is 14.3. The van der Waals surface area contributed by atoms with E-state index in [0.29, 0.717) is 24.8 Å². The Balaban J connectivity index is 1.38. The van der Waals surface area contributed by atoms with E-state index in [0.717, 1.165) is 64.0 Å². The smallest absolute Gasteiger partial charge is 0.234 e. The van der Waals surface area contributed by atoms with Crippen molar-refractivity contribution in [3.05, 3.63) is 78.9 Å². The minimum absolute atomic E-state index is 0.379. The van der Waals surface area contributed by atoms with Gasteiger partial charge in [0.2, 0.25) is 11.3 Å². The molecule has 1 unspecified atom stereocenters. The van der Waals surface area contributed by atoms with Crippen molar-refractivity contribution in [2.24, 2.45) is 5.92 Å². The predicted octanol–water partition coefficient (Wildman–Crippen LogP) is 4.58. The van der Waals surface area contributed by atoms with Crippen molar-refractivity contribution < 1.29 is 8.76 Å². The Hall–Kier alpha value is -3.66. The molecule has 4 heterocycles. The SMILES string of the molecule is Nc1nccn2c(CC3CCN(S(=O)O)CC3)nc(-c3ccc4ccc(-c5ccccc5)nc4c3)c12. The van der Waals surface area contributed by atoms with Gasteiger partial charge < -0.3 is 5.73 Å². The van der Waals surface area contributed by atoms with Gasteiger partial charge in [-0.15, -0.1) is 0 Å². The number of nitrogens with zero attached hydrogens (tertiary/aromatic N) is 5. The number of nitrogen functional groups attached to an aromatic ring is 1. The summed E-state index contributed by atoms with van der Waals surface area (Å²) >= 11 is -1.90. The van der Waals surface area contributed by atoms with Crippen LogP contribution in [0, 0.1) is 5.92 Å². The molecule has 0 bridgehead atoms. The van der Waals surface area contributed by atoms with E-state index in [-0.39, 0.29) is 0 Å². The summed E-state index contributed by atoms with van der Waals surface area (Å²) < 4.78 is 24.4. The van der Waals surface area contributed by atoms with Crippen LogP contribution in [0.5, 0.6) is 0 Å². The van der Waals surface area contributed by atoms with Gasteiger partial charge in [-0.1, -0.05) is 48.5 Å². The van der Waals surface area contributed by atoms with Crippen LogP contribution in [0.15, 0.2) is 73.1 Å². The van der Waals surface area contributed by atoms with Crippen molar-refractivity contribution >= 4 is 33.5 Å². The minimum atomic E-state index is -1.90. The maximum absolute atomic E-state index is 11.4. The quantitative estimate of drug-likeness (QED) is 0.343. The Morgan fingerprint density at radius 2 is 1.78 bits per heavy atom. The van der Waals surface area contributed by atoms with E-state index in [4.69, 9.17) is 15.7 Å². The van der Waals surface area contributed by atoms with Crippen LogP contribution >= 0.6 is 0 Å². The number of aromatic nitrogens is 4. The zero-order chi connectivity index (χ0) is 24.6. The van der Waals surface area contributed by atoms with Gasteiger partial charge in [-0.05, 0) is 30.9 Å². The van der Waals surface area contributed by atoms with Gasteiger partial charge in [0.15, 0.2) is 0 Å². The summed E-state index contributed by atoms with van der Waals surface area (Å²) in [7, 11) is 0. The third kappa shape index (κ3) is 4.26. The molecule has 0 spiro atoms. The number of rotatable bonds is 5. The molecule has 5 aromatic rings. The molecule has 1 aliphatic rings. The van der Waals surface area contributed by atoms with E-state index in [9.17, 15) is 8.76 Å². The second-order valence-electron chi connectivity index (χ2n) is 9.18. The fourth-order valence-electron chi connectivity index (χ4n) is 5.03. The summed E-state index contributed by atoms with van der Waals surface area (Å²) in [5.74, 6) is 1.73. The minimum Gasteiger partial charge on any atom is -0.382 e. The zero-order valence-electron chi connectivity index (χ0n) is 19.6. The monoisotopic (exact) mass is 498 g/mol. The van der Waals surface area contributed by atoms with Crippen molar-refractivity contribution in [2.45, 2.75) is 19.3 Å². The third-order valence-electron chi connectivity index (χ3n) is 6.96. The Labute approximate surface area is 211 Å². The summed E-state index contributed by atoms with van der Waals surface area (Å²) in [5.41, 5.74) is 11.8. The van der Waals surface area contributed by atoms with E-state index >= 15 is 0 Å². The Kier molecular flexibility index (Phi) is 5.96. The molecule has 0 aliphatic carbocycles. The first-order valence-electron chi connectivity index (χ1n) is 12.0. The number of benzene rings is 2. The van der Waals surface area contributed by atoms with E-state index in [1.54, 1.807) is 10.5 Å². The second kappa shape index (κ2) is 9.42. The number of hydrogen-bond acceptors (Lipinski definition) is 5. The van der Waals surface area contributed by atoms with Gasteiger partial charge in [0.1, 0.15) is 22.9 Å². The first kappa shape index (κ1) is 22.8. The molecular weight excluding hydrogens is 472 g/mol.